The average molecular weight is 334 g/mol. The summed E-state index contributed by atoms with van der Waals surface area (Å²) in [7, 11) is 0. The van der Waals surface area contributed by atoms with Crippen LogP contribution in [0.5, 0.6) is 0 Å². The molecule has 0 bridgehead atoms. The maximum Gasteiger partial charge on any atom is 0.405 e. The molecular weight excluding hydrogens is 317 g/mol. The molecule has 1 atom stereocenters. The van der Waals surface area contributed by atoms with Crippen LogP contribution in [-0.2, 0) is 9.53 Å². The Balaban J connectivity index is 2.78. The van der Waals surface area contributed by atoms with Crippen LogP contribution in [0.25, 0.3) is 0 Å². The van der Waals surface area contributed by atoms with E-state index < -0.39 is 30.7 Å². The van der Waals surface area contributed by atoms with Crippen molar-refractivity contribution in [1.82, 2.24) is 10.3 Å². The maximum atomic E-state index is 12.0. The largest absolute Gasteiger partial charge is 0.448 e. The van der Waals surface area contributed by atoms with Crippen molar-refractivity contribution in [3.63, 3.8) is 0 Å². The van der Waals surface area contributed by atoms with Crippen LogP contribution in [-0.4, -0.2) is 41.5 Å². The summed E-state index contributed by atoms with van der Waals surface area (Å²) in [6, 6.07) is 0. The SMILES string of the molecule is CC(=O)c1c(C)[nH]c(C(=O)O[C@H](C)C(=O)NCC(F)(F)F)c1C. The van der Waals surface area contributed by atoms with E-state index in [0.717, 1.165) is 6.92 Å². The van der Waals surface area contributed by atoms with Gasteiger partial charge in [0.05, 0.1) is 0 Å². The van der Waals surface area contributed by atoms with Crippen molar-refractivity contribution in [2.45, 2.75) is 40.0 Å². The Morgan fingerprint density at radius 1 is 1.26 bits per heavy atom. The molecule has 6 nitrogen and oxygen atoms in total. The second kappa shape index (κ2) is 6.84. The third-order valence-corrected chi connectivity index (χ3v) is 3.11. The normalized spacial score (nSPS) is 12.7. The Morgan fingerprint density at radius 2 is 1.83 bits per heavy atom. The van der Waals surface area contributed by atoms with Crippen molar-refractivity contribution in [3.05, 3.63) is 22.5 Å². The van der Waals surface area contributed by atoms with Crippen molar-refractivity contribution in [3.8, 4) is 0 Å². The zero-order valence-electron chi connectivity index (χ0n) is 13.1. The Bertz CT molecular complexity index is 635. The van der Waals surface area contributed by atoms with Gasteiger partial charge in [-0.25, -0.2) is 4.79 Å². The molecule has 0 aromatic carbocycles. The number of aromatic nitrogens is 1. The monoisotopic (exact) mass is 334 g/mol. The Labute approximate surface area is 130 Å². The van der Waals surface area contributed by atoms with Crippen molar-refractivity contribution in [2.75, 3.05) is 6.54 Å². The quantitative estimate of drug-likeness (QED) is 0.637. The first-order valence-corrected chi connectivity index (χ1v) is 6.69. The van der Waals surface area contributed by atoms with Gasteiger partial charge in [0, 0.05) is 11.3 Å². The molecule has 0 fully saturated rings. The van der Waals surface area contributed by atoms with Crippen LogP contribution in [0, 0.1) is 13.8 Å². The number of carbonyl (C=O) groups excluding carboxylic acids is 3. The summed E-state index contributed by atoms with van der Waals surface area (Å²) in [5, 5.41) is 1.62. The second-order valence-corrected chi connectivity index (χ2v) is 5.06. The van der Waals surface area contributed by atoms with E-state index in [1.165, 1.54) is 13.8 Å². The predicted octanol–water partition coefficient (Wildman–Crippen LogP) is 2.06. The first-order chi connectivity index (χ1) is 10.4. The number of hydrogen-bond donors (Lipinski definition) is 2. The van der Waals surface area contributed by atoms with Crippen LogP contribution in [0.1, 0.15) is 46.0 Å². The zero-order chi connectivity index (χ0) is 17.9. The van der Waals surface area contributed by atoms with E-state index in [4.69, 9.17) is 4.74 Å². The number of Topliss-reactive ketones (excluding diaryl/α,β-unsaturated/α-hetero) is 1. The Kier molecular flexibility index (Phi) is 5.57. The topological polar surface area (TPSA) is 88.3 Å². The molecule has 1 aromatic heterocycles. The molecule has 0 aliphatic rings. The number of rotatable bonds is 5. The lowest BCUT2D eigenvalue weighted by atomic mass is 10.1. The van der Waals surface area contributed by atoms with E-state index in [9.17, 15) is 27.6 Å². The number of aryl methyl sites for hydroxylation is 1. The molecule has 1 heterocycles. The van der Waals surface area contributed by atoms with Crippen LogP contribution in [0.4, 0.5) is 13.2 Å². The highest BCUT2D eigenvalue weighted by Gasteiger charge is 2.30. The number of halogens is 3. The van der Waals surface area contributed by atoms with Crippen LogP contribution in [0.15, 0.2) is 0 Å². The van der Waals surface area contributed by atoms with Gasteiger partial charge in [-0.3, -0.25) is 9.59 Å². The highest BCUT2D eigenvalue weighted by Crippen LogP contribution is 2.19. The van der Waals surface area contributed by atoms with Gasteiger partial charge in [-0.1, -0.05) is 0 Å². The standard InChI is InChI=1S/C14H17F3N2O4/c1-6-10(8(3)20)7(2)19-11(6)13(22)23-9(4)12(21)18-5-14(15,16)17/h9,19H,5H2,1-4H3,(H,18,21)/t9-/m1/s1. The zero-order valence-corrected chi connectivity index (χ0v) is 13.1. The van der Waals surface area contributed by atoms with Gasteiger partial charge in [-0.2, -0.15) is 13.2 Å². The number of ether oxygens (including phenoxy) is 1. The first-order valence-electron chi connectivity index (χ1n) is 6.69. The van der Waals surface area contributed by atoms with Gasteiger partial charge in [0.25, 0.3) is 5.91 Å². The number of ketones is 1. The minimum atomic E-state index is -4.55. The molecule has 0 radical (unpaired) electrons. The maximum absolute atomic E-state index is 12.0. The summed E-state index contributed by atoms with van der Waals surface area (Å²) in [6.45, 7) is 4.11. The molecular formula is C14H17F3N2O4. The lowest BCUT2D eigenvalue weighted by Gasteiger charge is -2.14. The third-order valence-electron chi connectivity index (χ3n) is 3.11. The summed E-state index contributed by atoms with van der Waals surface area (Å²) >= 11 is 0. The van der Waals surface area contributed by atoms with Crippen molar-refractivity contribution in [1.29, 1.82) is 0 Å². The molecule has 23 heavy (non-hydrogen) atoms. The van der Waals surface area contributed by atoms with Gasteiger partial charge < -0.3 is 15.0 Å². The molecule has 0 unspecified atom stereocenters. The number of hydrogen-bond acceptors (Lipinski definition) is 4. The minimum absolute atomic E-state index is 0.0110. The number of carbonyl (C=O) groups is 3. The smallest absolute Gasteiger partial charge is 0.405 e. The van der Waals surface area contributed by atoms with E-state index in [0.29, 0.717) is 16.8 Å². The molecule has 0 saturated carbocycles. The van der Waals surface area contributed by atoms with Crippen LogP contribution in [0.3, 0.4) is 0 Å². The average Bonchev–Trinajstić information content (AvgIpc) is 2.70. The summed E-state index contributed by atoms with van der Waals surface area (Å²) in [5.41, 5.74) is 1.16. The van der Waals surface area contributed by atoms with Crippen LogP contribution < -0.4 is 5.32 Å². The highest BCUT2D eigenvalue weighted by molar-refractivity contribution is 6.01. The summed E-state index contributed by atoms with van der Waals surface area (Å²) in [4.78, 5) is 37.6. The van der Waals surface area contributed by atoms with Crippen molar-refractivity contribution < 1.29 is 32.3 Å². The fraction of sp³-hybridized carbons (Fsp3) is 0.500. The van der Waals surface area contributed by atoms with Gasteiger partial charge in [-0.15, -0.1) is 0 Å². The van der Waals surface area contributed by atoms with Gasteiger partial charge in [-0.05, 0) is 33.3 Å². The molecule has 9 heteroatoms. The fourth-order valence-corrected chi connectivity index (χ4v) is 2.09. The van der Waals surface area contributed by atoms with Crippen LogP contribution >= 0.6 is 0 Å². The van der Waals surface area contributed by atoms with Gasteiger partial charge in [0.2, 0.25) is 0 Å². The lowest BCUT2D eigenvalue weighted by molar-refractivity contribution is -0.143. The molecule has 0 saturated heterocycles. The Morgan fingerprint density at radius 3 is 2.26 bits per heavy atom. The van der Waals surface area contributed by atoms with Gasteiger partial charge in [0.15, 0.2) is 11.9 Å². The minimum Gasteiger partial charge on any atom is -0.448 e. The van der Waals surface area contributed by atoms with Crippen molar-refractivity contribution in [2.24, 2.45) is 0 Å². The fourth-order valence-electron chi connectivity index (χ4n) is 2.09. The molecule has 1 amide bonds. The van der Waals surface area contributed by atoms with Gasteiger partial charge in [0.1, 0.15) is 12.2 Å². The molecule has 0 aliphatic heterocycles. The number of alkyl halides is 3. The number of H-pyrrole nitrogens is 1. The highest BCUT2D eigenvalue weighted by atomic mass is 19.4. The number of amides is 1. The van der Waals surface area contributed by atoms with E-state index in [1.54, 1.807) is 12.2 Å². The summed E-state index contributed by atoms with van der Waals surface area (Å²) in [5.74, 6) is -2.23. The lowest BCUT2D eigenvalue weighted by Crippen LogP contribution is -2.40. The Hall–Kier alpha value is -2.32. The summed E-state index contributed by atoms with van der Waals surface area (Å²) in [6.07, 6.45) is -5.96. The van der Waals surface area contributed by atoms with E-state index in [-0.39, 0.29) is 11.5 Å². The van der Waals surface area contributed by atoms with Gasteiger partial charge >= 0.3 is 12.1 Å². The molecule has 2 N–H and O–H groups in total. The van der Waals surface area contributed by atoms with Crippen molar-refractivity contribution >= 4 is 17.7 Å². The van der Waals surface area contributed by atoms with E-state index in [2.05, 4.69) is 4.98 Å². The third kappa shape index (κ3) is 4.83. The number of nitrogens with one attached hydrogen (secondary N) is 2. The van der Waals surface area contributed by atoms with E-state index >= 15 is 0 Å². The van der Waals surface area contributed by atoms with E-state index in [1.807, 2.05) is 0 Å². The number of aromatic amines is 1. The first kappa shape index (κ1) is 18.7. The molecule has 1 rings (SSSR count). The molecule has 0 spiro atoms. The molecule has 128 valence electrons. The summed E-state index contributed by atoms with van der Waals surface area (Å²) < 4.78 is 40.9. The second-order valence-electron chi connectivity index (χ2n) is 5.06. The molecule has 1 aromatic rings. The van der Waals surface area contributed by atoms with Crippen LogP contribution in [0.2, 0.25) is 0 Å². The predicted molar refractivity (Wildman–Crippen MR) is 74.2 cm³/mol. The molecule has 0 aliphatic carbocycles. The number of esters is 1.